The van der Waals surface area contributed by atoms with Crippen LogP contribution in [0.2, 0.25) is 0 Å². The maximum absolute atomic E-state index is 14.9. The molecule has 0 aromatic heterocycles. The normalized spacial score (nSPS) is 18.9. The summed E-state index contributed by atoms with van der Waals surface area (Å²) in [7, 11) is 0. The Kier molecular flexibility index (Phi) is 8.79. The van der Waals surface area contributed by atoms with Crippen LogP contribution in [0.1, 0.15) is 63.9 Å². The molecule has 0 radical (unpaired) electrons. The summed E-state index contributed by atoms with van der Waals surface area (Å²) in [5, 5.41) is 0. The third-order valence-corrected chi connectivity index (χ3v) is 5.59. The van der Waals surface area contributed by atoms with E-state index in [2.05, 4.69) is 6.92 Å². The molecule has 2 aromatic carbocycles. The molecule has 3 nitrogen and oxygen atoms in total. The maximum atomic E-state index is 14.9. The van der Waals surface area contributed by atoms with Crippen LogP contribution in [0.15, 0.2) is 30.3 Å². The molecule has 0 saturated carbocycles. The van der Waals surface area contributed by atoms with Crippen LogP contribution >= 0.6 is 0 Å². The third-order valence-electron chi connectivity index (χ3n) is 5.59. The van der Waals surface area contributed by atoms with Crippen LogP contribution < -0.4 is 4.74 Å². The largest absolute Gasteiger partial charge is 0.490 e. The van der Waals surface area contributed by atoms with Crippen LogP contribution in [-0.4, -0.2) is 26.1 Å². The number of hydrogen-bond acceptors (Lipinski definition) is 3. The lowest BCUT2D eigenvalue weighted by Gasteiger charge is -2.29. The van der Waals surface area contributed by atoms with Gasteiger partial charge in [0.15, 0.2) is 17.9 Å². The van der Waals surface area contributed by atoms with E-state index in [0.29, 0.717) is 31.8 Å². The van der Waals surface area contributed by atoms with Crippen LogP contribution in [0.25, 0.3) is 11.1 Å². The summed E-state index contributed by atoms with van der Waals surface area (Å²) in [6.45, 7) is 5.45. The number of benzene rings is 2. The summed E-state index contributed by atoms with van der Waals surface area (Å²) in [5.74, 6) is -2.74. The van der Waals surface area contributed by atoms with Gasteiger partial charge in [-0.3, -0.25) is 0 Å². The maximum Gasteiger partial charge on any atom is 0.201 e. The third kappa shape index (κ3) is 6.01. The summed E-state index contributed by atoms with van der Waals surface area (Å²) in [6.07, 6.45) is 4.92. The van der Waals surface area contributed by atoms with E-state index in [1.54, 1.807) is 12.1 Å². The first kappa shape index (κ1) is 23.6. The number of hydrogen-bond donors (Lipinski definition) is 0. The van der Waals surface area contributed by atoms with Gasteiger partial charge in [0.1, 0.15) is 5.82 Å². The highest BCUT2D eigenvalue weighted by atomic mass is 19.2. The average molecular weight is 437 g/mol. The van der Waals surface area contributed by atoms with Crippen molar-refractivity contribution in [1.29, 1.82) is 0 Å². The van der Waals surface area contributed by atoms with Crippen LogP contribution in [-0.2, 0) is 9.47 Å². The fourth-order valence-electron chi connectivity index (χ4n) is 3.68. The Morgan fingerprint density at radius 1 is 0.935 bits per heavy atom. The van der Waals surface area contributed by atoms with E-state index in [1.807, 2.05) is 6.92 Å². The molecule has 0 bridgehead atoms. The van der Waals surface area contributed by atoms with E-state index in [-0.39, 0.29) is 29.1 Å². The standard InChI is InChI=1S/C25H31F3O3/c1-3-5-13-29-22-11-10-20(24(27)25(22)28)17-7-9-19(21(26)15-17)18-8-12-23(31-16-18)30-14-6-4-2/h7,9-11,15,18,23H,3-6,8,12-14,16H2,1-2H3. The Labute approximate surface area is 182 Å². The predicted molar refractivity (Wildman–Crippen MR) is 115 cm³/mol. The zero-order chi connectivity index (χ0) is 22.2. The molecule has 31 heavy (non-hydrogen) atoms. The van der Waals surface area contributed by atoms with Crippen molar-refractivity contribution in [3.05, 3.63) is 53.3 Å². The lowest BCUT2D eigenvalue weighted by molar-refractivity contribution is -0.167. The molecular weight excluding hydrogens is 405 g/mol. The van der Waals surface area contributed by atoms with Crippen molar-refractivity contribution in [2.24, 2.45) is 0 Å². The SMILES string of the molecule is CCCCOc1ccc(-c2ccc(C3CCC(OCCCC)OC3)c(F)c2)c(F)c1F. The summed E-state index contributed by atoms with van der Waals surface area (Å²) in [4.78, 5) is 0. The van der Waals surface area contributed by atoms with Gasteiger partial charge in [0.25, 0.3) is 0 Å². The number of halogens is 3. The molecule has 2 atom stereocenters. The lowest BCUT2D eigenvalue weighted by atomic mass is 9.91. The summed E-state index contributed by atoms with van der Waals surface area (Å²) in [5.41, 5.74) is 0.821. The molecule has 0 N–H and O–H groups in total. The molecule has 0 spiro atoms. The van der Waals surface area contributed by atoms with Crippen molar-refractivity contribution in [1.82, 2.24) is 0 Å². The summed E-state index contributed by atoms with van der Waals surface area (Å²) in [6, 6.07) is 7.34. The lowest BCUT2D eigenvalue weighted by Crippen LogP contribution is -2.27. The Morgan fingerprint density at radius 3 is 2.39 bits per heavy atom. The second kappa shape index (κ2) is 11.5. The minimum Gasteiger partial charge on any atom is -0.490 e. The Bertz CT molecular complexity index is 848. The van der Waals surface area contributed by atoms with Gasteiger partial charge in [-0.05, 0) is 55.0 Å². The molecule has 2 unspecified atom stereocenters. The van der Waals surface area contributed by atoms with E-state index in [4.69, 9.17) is 14.2 Å². The van der Waals surface area contributed by atoms with E-state index in [0.717, 1.165) is 32.1 Å². The predicted octanol–water partition coefficient (Wildman–Crippen LogP) is 6.99. The van der Waals surface area contributed by atoms with Gasteiger partial charge in [-0.15, -0.1) is 0 Å². The topological polar surface area (TPSA) is 27.7 Å². The van der Waals surface area contributed by atoms with Crippen LogP contribution in [0.4, 0.5) is 13.2 Å². The van der Waals surface area contributed by atoms with Gasteiger partial charge >= 0.3 is 0 Å². The Balaban J connectivity index is 1.68. The molecule has 3 rings (SSSR count). The smallest absolute Gasteiger partial charge is 0.201 e. The molecule has 0 aliphatic carbocycles. The van der Waals surface area contributed by atoms with Crippen LogP contribution in [0.3, 0.4) is 0 Å². The summed E-state index contributed by atoms with van der Waals surface area (Å²) < 4.78 is 60.5. The van der Waals surface area contributed by atoms with Crippen molar-refractivity contribution in [2.45, 2.75) is 64.6 Å². The van der Waals surface area contributed by atoms with Gasteiger partial charge in [-0.1, -0.05) is 38.8 Å². The van der Waals surface area contributed by atoms with E-state index < -0.39 is 17.5 Å². The van der Waals surface area contributed by atoms with Crippen molar-refractivity contribution >= 4 is 0 Å². The minimum absolute atomic E-state index is 0.00933. The van der Waals surface area contributed by atoms with Gasteiger partial charge < -0.3 is 14.2 Å². The minimum atomic E-state index is -1.05. The first-order chi connectivity index (χ1) is 15.0. The Hall–Kier alpha value is -2.05. The zero-order valence-corrected chi connectivity index (χ0v) is 18.3. The fraction of sp³-hybridized carbons (Fsp3) is 0.520. The molecular formula is C25H31F3O3. The molecule has 0 amide bonds. The molecule has 2 aromatic rings. The molecule has 1 saturated heterocycles. The molecule has 170 valence electrons. The molecule has 6 heteroatoms. The highest BCUT2D eigenvalue weighted by Gasteiger charge is 2.26. The first-order valence-electron chi connectivity index (χ1n) is 11.2. The quantitative estimate of drug-likeness (QED) is 0.376. The van der Waals surface area contributed by atoms with Crippen molar-refractivity contribution in [3.63, 3.8) is 0 Å². The second-order valence-corrected chi connectivity index (χ2v) is 7.94. The van der Waals surface area contributed by atoms with Crippen molar-refractivity contribution in [3.8, 4) is 16.9 Å². The fourth-order valence-corrected chi connectivity index (χ4v) is 3.68. The van der Waals surface area contributed by atoms with E-state index >= 15 is 0 Å². The highest BCUT2D eigenvalue weighted by Crippen LogP contribution is 2.34. The van der Waals surface area contributed by atoms with Crippen molar-refractivity contribution < 1.29 is 27.4 Å². The molecule has 1 aliphatic heterocycles. The monoisotopic (exact) mass is 436 g/mol. The number of ether oxygens (including phenoxy) is 3. The van der Waals surface area contributed by atoms with Crippen molar-refractivity contribution in [2.75, 3.05) is 19.8 Å². The summed E-state index contributed by atoms with van der Waals surface area (Å²) >= 11 is 0. The zero-order valence-electron chi connectivity index (χ0n) is 18.3. The first-order valence-corrected chi connectivity index (χ1v) is 11.2. The number of rotatable bonds is 10. The Morgan fingerprint density at radius 2 is 1.71 bits per heavy atom. The second-order valence-electron chi connectivity index (χ2n) is 7.94. The van der Waals surface area contributed by atoms with Crippen LogP contribution in [0, 0.1) is 17.5 Å². The molecule has 1 aliphatic rings. The van der Waals surface area contributed by atoms with Gasteiger partial charge in [0.05, 0.1) is 13.2 Å². The average Bonchev–Trinajstić information content (AvgIpc) is 2.78. The number of unbranched alkanes of at least 4 members (excludes halogenated alkanes) is 2. The van der Waals surface area contributed by atoms with Gasteiger partial charge in [-0.25, -0.2) is 8.78 Å². The molecule has 1 heterocycles. The van der Waals surface area contributed by atoms with Crippen LogP contribution in [0.5, 0.6) is 5.75 Å². The van der Waals surface area contributed by atoms with Gasteiger partial charge in [0.2, 0.25) is 5.82 Å². The van der Waals surface area contributed by atoms with Gasteiger partial charge in [-0.2, -0.15) is 4.39 Å². The van der Waals surface area contributed by atoms with E-state index in [1.165, 1.54) is 18.2 Å². The van der Waals surface area contributed by atoms with Gasteiger partial charge in [0, 0.05) is 18.1 Å². The highest BCUT2D eigenvalue weighted by molar-refractivity contribution is 5.66. The van der Waals surface area contributed by atoms with E-state index in [9.17, 15) is 13.2 Å². The molecule has 1 fully saturated rings.